The number of ether oxygens (including phenoxy) is 1. The number of carbonyl (C=O) groups excluding carboxylic acids is 2. The molecule has 0 radical (unpaired) electrons. The normalized spacial score (nSPS) is 10.7. The lowest BCUT2D eigenvalue weighted by atomic mass is 10.0. The van der Waals surface area contributed by atoms with Gasteiger partial charge in [0.1, 0.15) is 11.6 Å². The van der Waals surface area contributed by atoms with E-state index in [1.807, 2.05) is 118 Å². The minimum atomic E-state index is -3.07. The number of rotatable bonds is 17. The lowest BCUT2D eigenvalue weighted by Gasteiger charge is -2.17. The molecule has 2 amide bonds. The van der Waals surface area contributed by atoms with E-state index in [2.05, 4.69) is 71.5 Å². The quantitative estimate of drug-likeness (QED) is 0.0542. The number of para-hydroxylation sites is 1. The average Bonchev–Trinajstić information content (AvgIpc) is 1.91. The number of aliphatic hydroxyl groups excluding tert-OH is 2. The van der Waals surface area contributed by atoms with Gasteiger partial charge in [-0.05, 0) is 160 Å². The summed E-state index contributed by atoms with van der Waals surface area (Å²) in [6, 6.07) is 35.0. The fraction of sp³-hybridized carbons (Fsp3) is 0.246. The number of carbonyl (C=O) groups is 2. The van der Waals surface area contributed by atoms with E-state index in [-0.39, 0.29) is 42.2 Å². The summed E-state index contributed by atoms with van der Waals surface area (Å²) in [6.45, 7) is 26.0. The molecule has 5 N–H and O–H groups in total. The van der Waals surface area contributed by atoms with Gasteiger partial charge < -0.3 is 30.9 Å². The minimum Gasteiger partial charge on any atom is -0.493 e. The zero-order valence-electron chi connectivity index (χ0n) is 51.0. The molecule has 0 aliphatic carbocycles. The van der Waals surface area contributed by atoms with Gasteiger partial charge in [-0.25, -0.2) is 34.3 Å². The van der Waals surface area contributed by atoms with E-state index < -0.39 is 11.6 Å². The van der Waals surface area contributed by atoms with E-state index in [0.717, 1.165) is 79.9 Å². The molecule has 18 heteroatoms. The summed E-state index contributed by atoms with van der Waals surface area (Å²) in [4.78, 5) is 51.2. The van der Waals surface area contributed by atoms with Crippen molar-refractivity contribution in [3.63, 3.8) is 0 Å². The SMILES string of the molecule is C=C(Nc1c(C)cc(CO)cc1C)c1nccc(-c2ccccc2C(F)(F)P)n1.CC.CCCc1cc(C)c(NC(=O)c2nccc(-c3cc(F)ccc3C)n2)c(C)c1.CCOc1ccccc1-c1ccnc(C(=O)Nc2c(C)cc(CO)cc2C)n1. The summed E-state index contributed by atoms with van der Waals surface area (Å²) in [5, 5.41) is 27.7. The second-order valence-electron chi connectivity index (χ2n) is 20.2. The van der Waals surface area contributed by atoms with Crippen molar-refractivity contribution in [2.24, 2.45) is 0 Å². The lowest BCUT2D eigenvalue weighted by Crippen LogP contribution is -2.17. The Kier molecular flexibility index (Phi) is 24.2. The first kappa shape index (κ1) is 67.1. The number of aliphatic hydroxyl groups is 2. The van der Waals surface area contributed by atoms with Crippen LogP contribution in [0.3, 0.4) is 0 Å². The number of nitrogens with one attached hydrogen (secondary N) is 3. The van der Waals surface area contributed by atoms with Crippen molar-refractivity contribution in [2.45, 2.75) is 108 Å². The third-order valence-corrected chi connectivity index (χ3v) is 13.9. The largest absolute Gasteiger partial charge is 0.493 e. The summed E-state index contributed by atoms with van der Waals surface area (Å²) in [7, 11) is 1.56. The Labute approximate surface area is 510 Å². The molecule has 0 saturated heterocycles. The molecular weight excluding hydrogens is 1120 g/mol. The fourth-order valence-corrected chi connectivity index (χ4v) is 9.88. The van der Waals surface area contributed by atoms with Crippen molar-refractivity contribution in [2.75, 3.05) is 22.6 Å². The molecule has 3 aromatic heterocycles. The lowest BCUT2D eigenvalue weighted by molar-refractivity contribution is 0.100. The Morgan fingerprint density at radius 1 is 0.540 bits per heavy atom. The molecule has 14 nitrogen and oxygen atoms in total. The van der Waals surface area contributed by atoms with Gasteiger partial charge in [-0.15, -0.1) is 0 Å². The monoisotopic (exact) mass is 1200 g/mol. The first-order chi connectivity index (χ1) is 41.6. The zero-order valence-corrected chi connectivity index (χ0v) is 52.2. The van der Waals surface area contributed by atoms with Crippen LogP contribution < -0.4 is 20.7 Å². The first-order valence-electron chi connectivity index (χ1n) is 28.5. The van der Waals surface area contributed by atoms with Crippen LogP contribution in [0.5, 0.6) is 5.75 Å². The standard InChI is InChI=1S/C23H24FN3O.C22H22F2N3OP.C22H23N3O3.C2H6/c1-5-6-17-11-15(3)21(16(4)12-17)27-23(28)22-25-10-9-20(26-22)19-13-18(24)8-7-14(19)2;1-13-10-16(12-28)11-14(2)20(13)26-15(3)21-25-9-8-19(27-21)17-6-4-5-7-18(17)22(23,24)29;1-4-28-19-8-6-5-7-17(19)18-9-10-23-21(24-18)22(27)25-20-14(2)11-16(13-26)12-15(20)3;1-2/h7-13H,5-6H2,1-4H3,(H,27,28);4-11,26,28H,3,12,29H2,1-2H3;5-12,26H,4,13H2,1-3H3,(H,25,27);1-2H3. The van der Waals surface area contributed by atoms with Crippen LogP contribution in [0.15, 0.2) is 146 Å². The molecule has 0 aliphatic rings. The summed E-state index contributed by atoms with van der Waals surface area (Å²) in [6.07, 6.45) is 6.69. The fourth-order valence-electron chi connectivity index (χ4n) is 9.63. The van der Waals surface area contributed by atoms with Gasteiger partial charge in [-0.3, -0.25) is 9.59 Å². The predicted molar refractivity (Wildman–Crippen MR) is 345 cm³/mol. The third kappa shape index (κ3) is 17.8. The Balaban J connectivity index is 0.000000205. The molecule has 1 atom stereocenters. The van der Waals surface area contributed by atoms with E-state index in [1.54, 1.807) is 57.9 Å². The number of aromatic nitrogens is 6. The van der Waals surface area contributed by atoms with Crippen molar-refractivity contribution in [3.8, 4) is 39.5 Å². The zero-order chi connectivity index (χ0) is 63.5. The summed E-state index contributed by atoms with van der Waals surface area (Å²) < 4.78 is 47.2. The van der Waals surface area contributed by atoms with Gasteiger partial charge in [-0.2, -0.15) is 8.78 Å². The van der Waals surface area contributed by atoms with Gasteiger partial charge in [0, 0.05) is 57.9 Å². The maximum absolute atomic E-state index is 14.0. The molecule has 452 valence electrons. The van der Waals surface area contributed by atoms with Crippen LogP contribution in [-0.2, 0) is 25.3 Å². The number of hydrogen-bond donors (Lipinski definition) is 5. The summed E-state index contributed by atoms with van der Waals surface area (Å²) >= 11 is 0. The number of nitrogens with zero attached hydrogens (tertiary/aromatic N) is 6. The van der Waals surface area contributed by atoms with Crippen molar-refractivity contribution in [3.05, 3.63) is 231 Å². The van der Waals surface area contributed by atoms with Crippen LogP contribution in [0.4, 0.5) is 30.2 Å². The minimum absolute atomic E-state index is 0.0339. The first-order valence-corrected chi connectivity index (χ1v) is 29.1. The van der Waals surface area contributed by atoms with E-state index in [4.69, 9.17) is 4.74 Å². The molecule has 0 aliphatic heterocycles. The van der Waals surface area contributed by atoms with Crippen molar-refractivity contribution in [1.29, 1.82) is 0 Å². The second-order valence-corrected chi connectivity index (χ2v) is 21.0. The highest BCUT2D eigenvalue weighted by atomic mass is 31.0. The van der Waals surface area contributed by atoms with Crippen LogP contribution in [-0.4, -0.2) is 58.5 Å². The molecule has 0 fully saturated rings. The smallest absolute Gasteiger partial charge is 0.293 e. The maximum Gasteiger partial charge on any atom is 0.293 e. The molecule has 9 aromatic rings. The van der Waals surface area contributed by atoms with Crippen LogP contribution in [0.25, 0.3) is 39.5 Å². The molecule has 87 heavy (non-hydrogen) atoms. The van der Waals surface area contributed by atoms with Gasteiger partial charge in [0.05, 0.1) is 42.6 Å². The number of alkyl halides is 2. The highest BCUT2D eigenvalue weighted by Crippen LogP contribution is 2.40. The average molecular weight is 1200 g/mol. The highest BCUT2D eigenvalue weighted by Gasteiger charge is 2.28. The maximum atomic E-state index is 14.0. The molecule has 0 bridgehead atoms. The van der Waals surface area contributed by atoms with E-state index in [1.165, 1.54) is 36.2 Å². The molecule has 6 aromatic carbocycles. The molecule has 1 unspecified atom stereocenters. The highest BCUT2D eigenvalue weighted by molar-refractivity contribution is 7.17. The van der Waals surface area contributed by atoms with Gasteiger partial charge >= 0.3 is 0 Å². The topological polar surface area (TPSA) is 197 Å². The van der Waals surface area contributed by atoms with Crippen molar-refractivity contribution >= 4 is 43.8 Å². The number of benzene rings is 6. The number of anilines is 3. The number of hydrogen-bond acceptors (Lipinski definition) is 12. The van der Waals surface area contributed by atoms with Gasteiger partial charge in [0.2, 0.25) is 11.6 Å². The Hall–Kier alpha value is -9.02. The molecule has 9 rings (SSSR count). The molecular formula is C69H75F3N9O5P. The van der Waals surface area contributed by atoms with Gasteiger partial charge in [-0.1, -0.05) is 122 Å². The molecule has 0 saturated carbocycles. The van der Waals surface area contributed by atoms with Crippen LogP contribution in [0.2, 0.25) is 0 Å². The molecule has 3 heterocycles. The van der Waals surface area contributed by atoms with Crippen molar-refractivity contribution < 1.29 is 37.7 Å². The van der Waals surface area contributed by atoms with Crippen LogP contribution in [0.1, 0.15) is 122 Å². The van der Waals surface area contributed by atoms with E-state index in [0.29, 0.717) is 57.8 Å². The van der Waals surface area contributed by atoms with Gasteiger partial charge in [0.25, 0.3) is 17.5 Å². The number of amides is 2. The Morgan fingerprint density at radius 3 is 1.43 bits per heavy atom. The van der Waals surface area contributed by atoms with Gasteiger partial charge in [0.15, 0.2) is 5.82 Å². The number of aryl methyl sites for hydroxylation is 8. The van der Waals surface area contributed by atoms with E-state index in [9.17, 15) is 33.0 Å². The van der Waals surface area contributed by atoms with Crippen molar-refractivity contribution in [1.82, 2.24) is 29.9 Å². The summed E-state index contributed by atoms with van der Waals surface area (Å²) in [5.41, 5.74) is 12.3. The van der Waals surface area contributed by atoms with Crippen LogP contribution in [0, 0.1) is 54.3 Å². The predicted octanol–water partition coefficient (Wildman–Crippen LogP) is 15.6. The number of halogens is 3. The summed E-state index contributed by atoms with van der Waals surface area (Å²) in [5.74, 6) is 0.0369. The second kappa shape index (κ2) is 31.4. The van der Waals surface area contributed by atoms with Crippen LogP contribution >= 0.6 is 9.24 Å². The molecule has 0 spiro atoms. The Bertz CT molecular complexity index is 3820. The van der Waals surface area contributed by atoms with E-state index >= 15 is 0 Å². The third-order valence-electron chi connectivity index (χ3n) is 13.6. The Morgan fingerprint density at radius 2 is 0.954 bits per heavy atom.